The molecule has 2 fully saturated rings. The van der Waals surface area contributed by atoms with Crippen LogP contribution in [-0.2, 0) is 14.3 Å². The minimum absolute atomic E-state index is 0.0897. The van der Waals surface area contributed by atoms with Crippen molar-refractivity contribution in [1.82, 2.24) is 0 Å². The van der Waals surface area contributed by atoms with E-state index in [0.29, 0.717) is 12.5 Å². The predicted molar refractivity (Wildman–Crippen MR) is 61.3 cm³/mol. The Morgan fingerprint density at radius 3 is 2.56 bits per heavy atom. The van der Waals surface area contributed by atoms with Gasteiger partial charge < -0.3 is 9.47 Å². The third-order valence-electron chi connectivity index (χ3n) is 3.94. The summed E-state index contributed by atoms with van der Waals surface area (Å²) in [5, 5.41) is 0. The SMILES string of the molecule is COC(C(=O)C1CCOC1)C1CCCCC1. The lowest BCUT2D eigenvalue weighted by molar-refractivity contribution is -0.136. The van der Waals surface area contributed by atoms with Gasteiger partial charge in [0, 0.05) is 19.6 Å². The molecular weight excluding hydrogens is 204 g/mol. The van der Waals surface area contributed by atoms with Crippen LogP contribution in [0.4, 0.5) is 0 Å². The van der Waals surface area contributed by atoms with E-state index in [1.807, 2.05) is 0 Å². The molecule has 0 aromatic carbocycles. The maximum atomic E-state index is 12.3. The topological polar surface area (TPSA) is 35.5 Å². The van der Waals surface area contributed by atoms with Crippen molar-refractivity contribution in [3.63, 3.8) is 0 Å². The van der Waals surface area contributed by atoms with Crippen LogP contribution in [0.5, 0.6) is 0 Å². The first-order valence-electron chi connectivity index (χ1n) is 6.47. The maximum Gasteiger partial charge on any atom is 0.167 e. The molecule has 0 aromatic heterocycles. The highest BCUT2D eigenvalue weighted by Crippen LogP contribution is 2.30. The van der Waals surface area contributed by atoms with Gasteiger partial charge in [-0.05, 0) is 25.2 Å². The van der Waals surface area contributed by atoms with Crippen LogP contribution in [0.3, 0.4) is 0 Å². The van der Waals surface area contributed by atoms with Gasteiger partial charge in [0.25, 0.3) is 0 Å². The molecule has 2 atom stereocenters. The molecule has 1 saturated carbocycles. The quantitative estimate of drug-likeness (QED) is 0.737. The van der Waals surface area contributed by atoms with E-state index in [1.54, 1.807) is 7.11 Å². The van der Waals surface area contributed by atoms with Gasteiger partial charge in [0.1, 0.15) is 6.10 Å². The lowest BCUT2D eigenvalue weighted by Gasteiger charge is -2.29. The van der Waals surface area contributed by atoms with Gasteiger partial charge >= 0.3 is 0 Å². The van der Waals surface area contributed by atoms with Gasteiger partial charge in [0.05, 0.1) is 6.61 Å². The molecular formula is C13H22O3. The van der Waals surface area contributed by atoms with Gasteiger partial charge in [-0.1, -0.05) is 19.3 Å². The number of ketones is 1. The van der Waals surface area contributed by atoms with E-state index >= 15 is 0 Å². The summed E-state index contributed by atoms with van der Waals surface area (Å²) < 4.78 is 10.7. The number of carbonyl (C=O) groups is 1. The number of hydrogen-bond acceptors (Lipinski definition) is 3. The maximum absolute atomic E-state index is 12.3. The minimum atomic E-state index is -0.174. The van der Waals surface area contributed by atoms with Crippen molar-refractivity contribution < 1.29 is 14.3 Å². The molecule has 1 heterocycles. The van der Waals surface area contributed by atoms with E-state index in [9.17, 15) is 4.79 Å². The van der Waals surface area contributed by atoms with Crippen molar-refractivity contribution >= 4 is 5.78 Å². The summed E-state index contributed by atoms with van der Waals surface area (Å²) >= 11 is 0. The Morgan fingerprint density at radius 2 is 2.00 bits per heavy atom. The molecule has 2 aliphatic rings. The third kappa shape index (κ3) is 2.64. The van der Waals surface area contributed by atoms with Crippen molar-refractivity contribution in [2.24, 2.45) is 11.8 Å². The van der Waals surface area contributed by atoms with Crippen LogP contribution < -0.4 is 0 Å². The Balaban J connectivity index is 1.94. The molecule has 3 nitrogen and oxygen atoms in total. The Kier molecular flexibility index (Phi) is 4.36. The van der Waals surface area contributed by atoms with E-state index in [-0.39, 0.29) is 17.8 Å². The number of hydrogen-bond donors (Lipinski definition) is 0. The monoisotopic (exact) mass is 226 g/mol. The molecule has 1 saturated heterocycles. The number of ether oxygens (including phenoxy) is 2. The zero-order valence-electron chi connectivity index (χ0n) is 10.1. The number of methoxy groups -OCH3 is 1. The van der Waals surface area contributed by atoms with E-state index < -0.39 is 0 Å². The van der Waals surface area contributed by atoms with Gasteiger partial charge in [-0.2, -0.15) is 0 Å². The first-order valence-corrected chi connectivity index (χ1v) is 6.47. The Bertz CT molecular complexity index is 227. The standard InChI is InChI=1S/C13H22O3/c1-15-13(10-5-3-2-4-6-10)12(14)11-7-8-16-9-11/h10-11,13H,2-9H2,1H3. The van der Waals surface area contributed by atoms with Crippen LogP contribution >= 0.6 is 0 Å². The molecule has 0 spiro atoms. The predicted octanol–water partition coefficient (Wildman–Crippen LogP) is 2.19. The number of carbonyl (C=O) groups excluding carboxylic acids is 1. The summed E-state index contributed by atoms with van der Waals surface area (Å²) in [6, 6.07) is 0. The zero-order valence-corrected chi connectivity index (χ0v) is 10.1. The van der Waals surface area contributed by atoms with Crippen molar-refractivity contribution in [2.75, 3.05) is 20.3 Å². The smallest absolute Gasteiger partial charge is 0.167 e. The highest BCUT2D eigenvalue weighted by Gasteiger charge is 2.35. The first-order chi connectivity index (χ1) is 7.83. The third-order valence-corrected chi connectivity index (χ3v) is 3.94. The van der Waals surface area contributed by atoms with Crippen molar-refractivity contribution in [3.8, 4) is 0 Å². The van der Waals surface area contributed by atoms with Crippen LogP contribution in [-0.4, -0.2) is 32.2 Å². The first kappa shape index (κ1) is 12.1. The van der Waals surface area contributed by atoms with Crippen LogP contribution in [0.15, 0.2) is 0 Å². The average molecular weight is 226 g/mol. The van der Waals surface area contributed by atoms with E-state index in [0.717, 1.165) is 25.9 Å². The van der Waals surface area contributed by atoms with Gasteiger partial charge in [0.15, 0.2) is 5.78 Å². The highest BCUT2D eigenvalue weighted by molar-refractivity contribution is 5.86. The van der Waals surface area contributed by atoms with Gasteiger partial charge in [-0.25, -0.2) is 0 Å². The van der Waals surface area contributed by atoms with E-state index in [2.05, 4.69) is 0 Å². The fourth-order valence-electron chi connectivity index (χ4n) is 2.97. The molecule has 0 radical (unpaired) electrons. The summed E-state index contributed by atoms with van der Waals surface area (Å²) in [5.41, 5.74) is 0. The van der Waals surface area contributed by atoms with Crippen LogP contribution in [0.25, 0.3) is 0 Å². The van der Waals surface area contributed by atoms with Crippen molar-refractivity contribution in [1.29, 1.82) is 0 Å². The van der Waals surface area contributed by atoms with Gasteiger partial charge in [-0.3, -0.25) is 4.79 Å². The minimum Gasteiger partial charge on any atom is -0.381 e. The molecule has 2 rings (SSSR count). The summed E-state index contributed by atoms with van der Waals surface area (Å²) in [6.07, 6.45) is 6.82. The number of Topliss-reactive ketones (excluding diaryl/α,β-unsaturated/α-hetero) is 1. The van der Waals surface area contributed by atoms with E-state index in [1.165, 1.54) is 19.3 Å². The molecule has 0 aromatic rings. The largest absolute Gasteiger partial charge is 0.381 e. The summed E-state index contributed by atoms with van der Waals surface area (Å²) in [6.45, 7) is 1.34. The Hall–Kier alpha value is -0.410. The van der Waals surface area contributed by atoms with E-state index in [4.69, 9.17) is 9.47 Å². The zero-order chi connectivity index (χ0) is 11.4. The van der Waals surface area contributed by atoms with Gasteiger partial charge in [-0.15, -0.1) is 0 Å². The normalized spacial score (nSPS) is 29.2. The van der Waals surface area contributed by atoms with Crippen LogP contribution in [0.2, 0.25) is 0 Å². The average Bonchev–Trinajstić information content (AvgIpc) is 2.85. The second-order valence-corrected chi connectivity index (χ2v) is 5.02. The molecule has 3 heteroatoms. The molecule has 1 aliphatic heterocycles. The summed E-state index contributed by atoms with van der Waals surface area (Å²) in [7, 11) is 1.67. The molecule has 0 bridgehead atoms. The molecule has 0 amide bonds. The Labute approximate surface area is 97.5 Å². The van der Waals surface area contributed by atoms with Gasteiger partial charge in [0.2, 0.25) is 0 Å². The molecule has 92 valence electrons. The van der Waals surface area contributed by atoms with Crippen molar-refractivity contribution in [3.05, 3.63) is 0 Å². The second-order valence-electron chi connectivity index (χ2n) is 5.02. The molecule has 2 unspecified atom stereocenters. The molecule has 1 aliphatic carbocycles. The van der Waals surface area contributed by atoms with Crippen LogP contribution in [0, 0.1) is 11.8 Å². The van der Waals surface area contributed by atoms with Crippen molar-refractivity contribution in [2.45, 2.75) is 44.6 Å². The molecule has 0 N–H and O–H groups in total. The highest BCUT2D eigenvalue weighted by atomic mass is 16.5. The summed E-state index contributed by atoms with van der Waals surface area (Å²) in [5.74, 6) is 0.825. The second kappa shape index (κ2) is 5.78. The Morgan fingerprint density at radius 1 is 1.25 bits per heavy atom. The molecule has 16 heavy (non-hydrogen) atoms. The fraction of sp³-hybridized carbons (Fsp3) is 0.923. The lowest BCUT2D eigenvalue weighted by Crippen LogP contribution is -2.37. The lowest BCUT2D eigenvalue weighted by atomic mass is 9.81. The number of rotatable bonds is 4. The summed E-state index contributed by atoms with van der Waals surface area (Å²) in [4.78, 5) is 12.3. The van der Waals surface area contributed by atoms with Crippen LogP contribution in [0.1, 0.15) is 38.5 Å². The fourth-order valence-corrected chi connectivity index (χ4v) is 2.97.